The fourth-order valence-corrected chi connectivity index (χ4v) is 1.53. The van der Waals surface area contributed by atoms with Crippen LogP contribution in [0.2, 0.25) is 0 Å². The number of likely N-dealkylation sites (N-methyl/N-ethyl adjacent to an activating group) is 1. The molecule has 22 heavy (non-hydrogen) atoms. The number of carbonyl (C=O) groups excluding carboxylic acids is 3. The molecule has 1 aromatic carbocycles. The molecular weight excluding hydrogens is 288 g/mol. The zero-order chi connectivity index (χ0) is 16.4. The first-order valence-corrected chi connectivity index (χ1v) is 6.90. The van der Waals surface area contributed by atoms with Crippen molar-refractivity contribution in [3.63, 3.8) is 0 Å². The van der Waals surface area contributed by atoms with E-state index in [0.29, 0.717) is 12.3 Å². The largest absolute Gasteiger partial charge is 0.482 e. The number of rotatable bonds is 8. The molecule has 0 aromatic heterocycles. The number of aryl methyl sites for hydroxylation is 1. The average molecular weight is 308 g/mol. The molecule has 0 aliphatic carbocycles. The lowest BCUT2D eigenvalue weighted by Gasteiger charge is -2.09. The van der Waals surface area contributed by atoms with Crippen LogP contribution in [0, 0.1) is 6.92 Å². The van der Waals surface area contributed by atoms with E-state index in [4.69, 9.17) is 9.47 Å². The van der Waals surface area contributed by atoms with Crippen LogP contribution in [0.4, 0.5) is 0 Å². The van der Waals surface area contributed by atoms with Gasteiger partial charge in [0.1, 0.15) is 5.75 Å². The molecule has 0 saturated carbocycles. The number of amides is 2. The lowest BCUT2D eigenvalue weighted by molar-refractivity contribution is -0.150. The number of ether oxygens (including phenoxy) is 2. The topological polar surface area (TPSA) is 93.7 Å². The lowest BCUT2D eigenvalue weighted by atomic mass is 10.2. The van der Waals surface area contributed by atoms with Crippen LogP contribution in [-0.4, -0.2) is 44.1 Å². The van der Waals surface area contributed by atoms with Gasteiger partial charge in [0.15, 0.2) is 13.2 Å². The van der Waals surface area contributed by atoms with Crippen LogP contribution in [-0.2, 0) is 19.1 Å². The molecule has 0 radical (unpaired) electrons. The Morgan fingerprint density at radius 3 is 2.45 bits per heavy atom. The molecule has 0 unspecified atom stereocenters. The minimum atomic E-state index is -0.656. The van der Waals surface area contributed by atoms with Gasteiger partial charge in [0, 0.05) is 6.54 Å². The Balaban J connectivity index is 2.21. The number of benzene rings is 1. The molecule has 0 aliphatic rings. The van der Waals surface area contributed by atoms with Crippen LogP contribution >= 0.6 is 0 Å². The molecule has 0 aliphatic heterocycles. The minimum Gasteiger partial charge on any atom is -0.482 e. The van der Waals surface area contributed by atoms with Gasteiger partial charge >= 0.3 is 5.97 Å². The van der Waals surface area contributed by atoms with Gasteiger partial charge in [-0.05, 0) is 25.5 Å². The predicted octanol–water partition coefficient (Wildman–Crippen LogP) is 0.169. The summed E-state index contributed by atoms with van der Waals surface area (Å²) in [6.45, 7) is 3.24. The maximum absolute atomic E-state index is 11.5. The van der Waals surface area contributed by atoms with Crippen molar-refractivity contribution in [2.24, 2.45) is 0 Å². The summed E-state index contributed by atoms with van der Waals surface area (Å²) in [5, 5.41) is 4.86. The van der Waals surface area contributed by atoms with Gasteiger partial charge in [0.05, 0.1) is 6.54 Å². The van der Waals surface area contributed by atoms with E-state index in [1.54, 1.807) is 19.1 Å². The van der Waals surface area contributed by atoms with E-state index >= 15 is 0 Å². The third-order valence-electron chi connectivity index (χ3n) is 2.62. The SMILES string of the molecule is CCNC(=O)CNC(=O)COC(=O)COc1ccccc1C. The van der Waals surface area contributed by atoms with E-state index in [1.807, 2.05) is 19.1 Å². The summed E-state index contributed by atoms with van der Waals surface area (Å²) in [6.07, 6.45) is 0. The highest BCUT2D eigenvalue weighted by atomic mass is 16.6. The van der Waals surface area contributed by atoms with Crippen molar-refractivity contribution in [2.75, 3.05) is 26.3 Å². The minimum absolute atomic E-state index is 0.149. The molecule has 0 saturated heterocycles. The van der Waals surface area contributed by atoms with Crippen molar-refractivity contribution >= 4 is 17.8 Å². The molecule has 1 aromatic rings. The fourth-order valence-electron chi connectivity index (χ4n) is 1.53. The lowest BCUT2D eigenvalue weighted by Crippen LogP contribution is -2.38. The second-order valence-corrected chi connectivity index (χ2v) is 4.45. The van der Waals surface area contributed by atoms with E-state index in [0.717, 1.165) is 5.56 Å². The molecule has 7 heteroatoms. The smallest absolute Gasteiger partial charge is 0.344 e. The molecule has 0 spiro atoms. The van der Waals surface area contributed by atoms with Crippen molar-refractivity contribution in [2.45, 2.75) is 13.8 Å². The molecule has 0 fully saturated rings. The first kappa shape index (κ1) is 17.5. The van der Waals surface area contributed by atoms with Gasteiger partial charge in [0.25, 0.3) is 5.91 Å². The monoisotopic (exact) mass is 308 g/mol. The highest BCUT2D eigenvalue weighted by Crippen LogP contribution is 2.15. The summed E-state index contributed by atoms with van der Waals surface area (Å²) >= 11 is 0. The summed E-state index contributed by atoms with van der Waals surface area (Å²) in [5.41, 5.74) is 0.898. The maximum atomic E-state index is 11.5. The molecule has 1 rings (SSSR count). The van der Waals surface area contributed by atoms with Gasteiger partial charge in [-0.15, -0.1) is 0 Å². The third kappa shape index (κ3) is 6.74. The summed E-state index contributed by atoms with van der Waals surface area (Å²) in [7, 11) is 0. The standard InChI is InChI=1S/C15H20N2O5/c1-3-16-13(18)8-17-14(19)9-22-15(20)10-21-12-7-5-4-6-11(12)2/h4-7H,3,8-10H2,1-2H3,(H,16,18)(H,17,19). The van der Waals surface area contributed by atoms with E-state index in [9.17, 15) is 14.4 Å². The van der Waals surface area contributed by atoms with Gasteiger partial charge in [-0.3, -0.25) is 9.59 Å². The van der Waals surface area contributed by atoms with E-state index < -0.39 is 18.5 Å². The number of carbonyl (C=O) groups is 3. The van der Waals surface area contributed by atoms with Crippen LogP contribution in [0.15, 0.2) is 24.3 Å². The summed E-state index contributed by atoms with van der Waals surface area (Å²) in [5.74, 6) is -0.919. The fraction of sp³-hybridized carbons (Fsp3) is 0.400. The molecular formula is C15H20N2O5. The first-order chi connectivity index (χ1) is 10.5. The van der Waals surface area contributed by atoms with Gasteiger partial charge in [-0.1, -0.05) is 18.2 Å². The zero-order valence-corrected chi connectivity index (χ0v) is 12.7. The van der Waals surface area contributed by atoms with Crippen molar-refractivity contribution in [1.29, 1.82) is 0 Å². The van der Waals surface area contributed by atoms with Crippen molar-refractivity contribution in [1.82, 2.24) is 10.6 Å². The second-order valence-electron chi connectivity index (χ2n) is 4.45. The number of esters is 1. The number of nitrogens with one attached hydrogen (secondary N) is 2. The Hall–Kier alpha value is -2.57. The average Bonchev–Trinajstić information content (AvgIpc) is 2.50. The Bertz CT molecular complexity index is 530. The van der Waals surface area contributed by atoms with Gasteiger partial charge in [-0.25, -0.2) is 4.79 Å². The zero-order valence-electron chi connectivity index (χ0n) is 12.7. The van der Waals surface area contributed by atoms with Crippen LogP contribution in [0.1, 0.15) is 12.5 Å². The highest BCUT2D eigenvalue weighted by molar-refractivity contribution is 5.86. The molecule has 0 atom stereocenters. The van der Waals surface area contributed by atoms with Crippen LogP contribution < -0.4 is 15.4 Å². The van der Waals surface area contributed by atoms with Crippen LogP contribution in [0.3, 0.4) is 0 Å². The predicted molar refractivity (Wildman–Crippen MR) is 79.3 cm³/mol. The molecule has 0 heterocycles. The van der Waals surface area contributed by atoms with Crippen LogP contribution in [0.5, 0.6) is 5.75 Å². The first-order valence-electron chi connectivity index (χ1n) is 6.90. The van der Waals surface area contributed by atoms with Crippen molar-refractivity contribution in [3.05, 3.63) is 29.8 Å². The number of hydrogen-bond acceptors (Lipinski definition) is 5. The summed E-state index contributed by atoms with van der Waals surface area (Å²) in [6, 6.07) is 7.25. The van der Waals surface area contributed by atoms with Gasteiger partial charge in [0.2, 0.25) is 5.91 Å². The Labute approximate surface area is 129 Å². The molecule has 2 N–H and O–H groups in total. The van der Waals surface area contributed by atoms with Gasteiger partial charge in [-0.2, -0.15) is 0 Å². The maximum Gasteiger partial charge on any atom is 0.344 e. The van der Waals surface area contributed by atoms with Gasteiger partial charge < -0.3 is 20.1 Å². The van der Waals surface area contributed by atoms with E-state index in [-0.39, 0.29) is 19.1 Å². The Morgan fingerprint density at radius 2 is 1.77 bits per heavy atom. The van der Waals surface area contributed by atoms with Crippen molar-refractivity contribution in [3.8, 4) is 5.75 Å². The number of para-hydroxylation sites is 1. The molecule has 0 bridgehead atoms. The summed E-state index contributed by atoms with van der Waals surface area (Å²) in [4.78, 5) is 34.0. The molecule has 7 nitrogen and oxygen atoms in total. The normalized spacial score (nSPS) is 9.73. The Kier molecular flexibility index (Phi) is 7.45. The highest BCUT2D eigenvalue weighted by Gasteiger charge is 2.10. The van der Waals surface area contributed by atoms with E-state index in [1.165, 1.54) is 0 Å². The second kappa shape index (κ2) is 9.38. The number of hydrogen-bond donors (Lipinski definition) is 2. The third-order valence-corrected chi connectivity index (χ3v) is 2.62. The van der Waals surface area contributed by atoms with Crippen LogP contribution in [0.25, 0.3) is 0 Å². The van der Waals surface area contributed by atoms with E-state index in [2.05, 4.69) is 10.6 Å². The summed E-state index contributed by atoms with van der Waals surface area (Å²) < 4.78 is 10.0. The molecule has 120 valence electrons. The Morgan fingerprint density at radius 1 is 1.05 bits per heavy atom. The molecule has 2 amide bonds. The van der Waals surface area contributed by atoms with Crippen molar-refractivity contribution < 1.29 is 23.9 Å². The quantitative estimate of drug-likeness (QED) is 0.668.